The molecule has 5 heteroatoms. The Hall–Kier alpha value is -1.90. The van der Waals surface area contributed by atoms with E-state index in [0.29, 0.717) is 11.8 Å². The first-order chi connectivity index (χ1) is 10.3. The van der Waals surface area contributed by atoms with Crippen molar-refractivity contribution in [3.05, 3.63) is 54.5 Å². The lowest BCUT2D eigenvalue weighted by Crippen LogP contribution is -2.44. The fraction of sp³-hybridized carbons (Fsp3) is 0.312. The molecule has 0 radical (unpaired) electrons. The van der Waals surface area contributed by atoms with Gasteiger partial charge in [0.1, 0.15) is 10.6 Å². The van der Waals surface area contributed by atoms with Crippen LogP contribution in [0.15, 0.2) is 53.9 Å². The zero-order chi connectivity index (χ0) is 14.5. The molecular formula is C16H16N4S. The highest BCUT2D eigenvalue weighted by Crippen LogP contribution is 2.32. The Morgan fingerprint density at radius 3 is 2.71 bits per heavy atom. The molecule has 1 fully saturated rings. The van der Waals surface area contributed by atoms with Crippen LogP contribution in [0.2, 0.25) is 0 Å². The Bertz CT molecular complexity index is 622. The lowest BCUT2D eigenvalue weighted by Gasteiger charge is -2.28. The number of hydrogen-bond acceptors (Lipinski definition) is 5. The third-order valence-electron chi connectivity index (χ3n) is 3.46. The quantitative estimate of drug-likeness (QED) is 0.831. The standard InChI is InChI=1S/C16H16N4S/c17-11-16(20-14-6-7-14,13-4-2-1-3-5-13)12-21-15-10-18-8-9-19-15/h1-5,8-10,14,20H,6-7,12H2. The summed E-state index contributed by atoms with van der Waals surface area (Å²) < 4.78 is 0. The van der Waals surface area contributed by atoms with Crippen LogP contribution in [0.5, 0.6) is 0 Å². The van der Waals surface area contributed by atoms with E-state index >= 15 is 0 Å². The predicted molar refractivity (Wildman–Crippen MR) is 82.6 cm³/mol. The van der Waals surface area contributed by atoms with Gasteiger partial charge in [-0.1, -0.05) is 30.3 Å². The van der Waals surface area contributed by atoms with Crippen molar-refractivity contribution in [2.75, 3.05) is 5.75 Å². The molecule has 1 aliphatic rings. The molecule has 1 aromatic heterocycles. The van der Waals surface area contributed by atoms with E-state index in [0.717, 1.165) is 23.4 Å². The zero-order valence-corrected chi connectivity index (χ0v) is 12.4. The monoisotopic (exact) mass is 296 g/mol. The van der Waals surface area contributed by atoms with E-state index in [-0.39, 0.29) is 0 Å². The highest BCUT2D eigenvalue weighted by molar-refractivity contribution is 7.99. The molecule has 0 spiro atoms. The first kappa shape index (κ1) is 14.1. The molecule has 2 aromatic rings. The number of aromatic nitrogens is 2. The van der Waals surface area contributed by atoms with Gasteiger partial charge in [-0.15, -0.1) is 11.8 Å². The largest absolute Gasteiger partial charge is 0.292 e. The summed E-state index contributed by atoms with van der Waals surface area (Å²) in [6, 6.07) is 12.9. The predicted octanol–water partition coefficient (Wildman–Crippen LogP) is 2.74. The fourth-order valence-electron chi connectivity index (χ4n) is 2.18. The second-order valence-corrected chi connectivity index (χ2v) is 6.13. The molecule has 3 rings (SSSR count). The van der Waals surface area contributed by atoms with Gasteiger partial charge in [-0.05, 0) is 18.4 Å². The molecular weight excluding hydrogens is 280 g/mol. The molecule has 4 nitrogen and oxygen atoms in total. The average molecular weight is 296 g/mol. The third-order valence-corrected chi connectivity index (χ3v) is 4.55. The van der Waals surface area contributed by atoms with E-state index in [2.05, 4.69) is 21.4 Å². The maximum atomic E-state index is 9.82. The van der Waals surface area contributed by atoms with Crippen molar-refractivity contribution in [2.24, 2.45) is 0 Å². The van der Waals surface area contributed by atoms with Gasteiger partial charge in [0.15, 0.2) is 0 Å². The minimum atomic E-state index is -0.676. The van der Waals surface area contributed by atoms with Gasteiger partial charge in [0, 0.05) is 24.2 Å². The maximum Gasteiger partial charge on any atom is 0.142 e. The molecule has 0 amide bonds. The van der Waals surface area contributed by atoms with Crippen LogP contribution >= 0.6 is 11.8 Å². The van der Waals surface area contributed by atoms with Gasteiger partial charge in [-0.25, -0.2) is 4.98 Å². The van der Waals surface area contributed by atoms with Crippen molar-refractivity contribution in [3.63, 3.8) is 0 Å². The Balaban J connectivity index is 1.83. The second kappa shape index (κ2) is 6.25. The topological polar surface area (TPSA) is 61.6 Å². The first-order valence-electron chi connectivity index (χ1n) is 6.96. The number of nitrogens with zero attached hydrogens (tertiary/aromatic N) is 3. The summed E-state index contributed by atoms with van der Waals surface area (Å²) >= 11 is 1.56. The molecule has 0 aliphatic heterocycles. The summed E-state index contributed by atoms with van der Waals surface area (Å²) in [7, 11) is 0. The van der Waals surface area contributed by atoms with E-state index in [1.54, 1.807) is 30.4 Å². The summed E-state index contributed by atoms with van der Waals surface area (Å²) in [5.74, 6) is 0.614. The Labute approximate surface area is 128 Å². The third kappa shape index (κ3) is 3.41. The average Bonchev–Trinajstić information content (AvgIpc) is 3.37. The first-order valence-corrected chi connectivity index (χ1v) is 7.94. The van der Waals surface area contributed by atoms with Gasteiger partial charge < -0.3 is 0 Å². The molecule has 21 heavy (non-hydrogen) atoms. The van der Waals surface area contributed by atoms with Crippen molar-refractivity contribution < 1.29 is 0 Å². The lowest BCUT2D eigenvalue weighted by molar-refractivity contribution is 0.470. The molecule has 106 valence electrons. The number of thioether (sulfide) groups is 1. The Morgan fingerprint density at radius 2 is 2.10 bits per heavy atom. The van der Waals surface area contributed by atoms with Crippen molar-refractivity contribution >= 4 is 11.8 Å². The van der Waals surface area contributed by atoms with Crippen LogP contribution in [0.1, 0.15) is 18.4 Å². The minimum Gasteiger partial charge on any atom is -0.292 e. The van der Waals surface area contributed by atoms with Crippen molar-refractivity contribution in [1.29, 1.82) is 5.26 Å². The molecule has 0 bridgehead atoms. The fourth-order valence-corrected chi connectivity index (χ4v) is 3.13. The lowest BCUT2D eigenvalue weighted by atomic mass is 9.93. The van der Waals surface area contributed by atoms with Gasteiger partial charge in [-0.3, -0.25) is 10.3 Å². The molecule has 0 saturated heterocycles. The maximum absolute atomic E-state index is 9.82. The Morgan fingerprint density at radius 1 is 1.29 bits per heavy atom. The van der Waals surface area contributed by atoms with E-state index in [9.17, 15) is 5.26 Å². The van der Waals surface area contributed by atoms with Crippen molar-refractivity contribution in [1.82, 2.24) is 15.3 Å². The van der Waals surface area contributed by atoms with E-state index < -0.39 is 5.54 Å². The SMILES string of the molecule is N#CC(CSc1cnccn1)(NC1CC1)c1ccccc1. The van der Waals surface area contributed by atoms with Crippen LogP contribution in [-0.2, 0) is 5.54 Å². The van der Waals surface area contributed by atoms with E-state index in [1.165, 1.54) is 0 Å². The smallest absolute Gasteiger partial charge is 0.142 e. The highest BCUT2D eigenvalue weighted by atomic mass is 32.2. The summed E-state index contributed by atoms with van der Waals surface area (Å²) in [5, 5.41) is 14.2. The van der Waals surface area contributed by atoms with Crippen LogP contribution < -0.4 is 5.32 Å². The molecule has 1 aliphatic carbocycles. The van der Waals surface area contributed by atoms with Crippen LogP contribution in [0.4, 0.5) is 0 Å². The number of nitrogens with one attached hydrogen (secondary N) is 1. The molecule has 1 aromatic carbocycles. The van der Waals surface area contributed by atoms with Gasteiger partial charge in [-0.2, -0.15) is 5.26 Å². The van der Waals surface area contributed by atoms with Gasteiger partial charge in [0.05, 0.1) is 12.3 Å². The van der Waals surface area contributed by atoms with Crippen molar-refractivity contribution in [3.8, 4) is 6.07 Å². The molecule has 1 unspecified atom stereocenters. The van der Waals surface area contributed by atoms with Crippen LogP contribution in [-0.4, -0.2) is 21.8 Å². The van der Waals surface area contributed by atoms with Gasteiger partial charge in [0.2, 0.25) is 0 Å². The number of benzene rings is 1. The van der Waals surface area contributed by atoms with Crippen molar-refractivity contribution in [2.45, 2.75) is 29.4 Å². The van der Waals surface area contributed by atoms with E-state index in [4.69, 9.17) is 0 Å². The van der Waals surface area contributed by atoms with Crippen LogP contribution in [0.25, 0.3) is 0 Å². The highest BCUT2D eigenvalue weighted by Gasteiger charge is 2.38. The zero-order valence-electron chi connectivity index (χ0n) is 11.6. The molecule has 1 heterocycles. The van der Waals surface area contributed by atoms with Crippen LogP contribution in [0.3, 0.4) is 0 Å². The Kier molecular flexibility index (Phi) is 4.18. The summed E-state index contributed by atoms with van der Waals surface area (Å²) in [6.45, 7) is 0. The van der Waals surface area contributed by atoms with E-state index in [1.807, 2.05) is 30.3 Å². The molecule has 1 atom stereocenters. The minimum absolute atomic E-state index is 0.451. The number of nitriles is 1. The van der Waals surface area contributed by atoms with Crippen LogP contribution in [0, 0.1) is 11.3 Å². The number of hydrogen-bond donors (Lipinski definition) is 1. The number of rotatable bonds is 6. The summed E-state index contributed by atoms with van der Waals surface area (Å²) in [6.07, 6.45) is 7.35. The second-order valence-electron chi connectivity index (χ2n) is 5.13. The summed E-state index contributed by atoms with van der Waals surface area (Å²) in [4.78, 5) is 8.34. The molecule has 1 N–H and O–H groups in total. The van der Waals surface area contributed by atoms with Gasteiger partial charge >= 0.3 is 0 Å². The molecule has 1 saturated carbocycles. The normalized spacial score (nSPS) is 16.9. The van der Waals surface area contributed by atoms with Gasteiger partial charge in [0.25, 0.3) is 0 Å². The summed E-state index contributed by atoms with van der Waals surface area (Å²) in [5.41, 5.74) is 0.334.